The third kappa shape index (κ3) is 2.29. The van der Waals surface area contributed by atoms with Gasteiger partial charge in [0.05, 0.1) is 10.7 Å². The Balaban J connectivity index is 2.75. The van der Waals surface area contributed by atoms with Gasteiger partial charge in [0.1, 0.15) is 0 Å². The van der Waals surface area contributed by atoms with Crippen LogP contribution >= 0.6 is 11.3 Å². The summed E-state index contributed by atoms with van der Waals surface area (Å²) >= 11 is 1.80. The predicted octanol–water partition coefficient (Wildman–Crippen LogP) is 1.90. The van der Waals surface area contributed by atoms with Gasteiger partial charge in [0.15, 0.2) is 0 Å². The van der Waals surface area contributed by atoms with Crippen molar-refractivity contribution in [1.29, 1.82) is 0 Å². The molecule has 0 saturated carbocycles. The van der Waals surface area contributed by atoms with E-state index in [9.17, 15) is 0 Å². The molecule has 0 radical (unpaired) electrons. The van der Waals surface area contributed by atoms with Crippen molar-refractivity contribution in [3.63, 3.8) is 0 Å². The smallest absolute Gasteiger partial charge is 0.0946 e. The van der Waals surface area contributed by atoms with Gasteiger partial charge in [-0.3, -0.25) is 0 Å². The van der Waals surface area contributed by atoms with Crippen LogP contribution in [0.5, 0.6) is 0 Å². The number of hydrogen-bond donors (Lipinski definition) is 1. The second kappa shape index (κ2) is 4.01. The molecule has 12 heavy (non-hydrogen) atoms. The Labute approximate surface area is 77.8 Å². The first kappa shape index (κ1) is 9.68. The zero-order chi connectivity index (χ0) is 9.14. The van der Waals surface area contributed by atoms with E-state index in [0.29, 0.717) is 0 Å². The van der Waals surface area contributed by atoms with Crippen LogP contribution in [0.25, 0.3) is 0 Å². The summed E-state index contributed by atoms with van der Waals surface area (Å²) in [5.41, 5.74) is 6.87. The second-order valence-electron chi connectivity index (χ2n) is 3.15. The van der Waals surface area contributed by atoms with Gasteiger partial charge in [-0.2, -0.15) is 0 Å². The molecular formula is C9H16N2S. The number of rotatable bonds is 3. The summed E-state index contributed by atoms with van der Waals surface area (Å²) in [6.45, 7) is 6.25. The van der Waals surface area contributed by atoms with Crippen molar-refractivity contribution in [2.24, 2.45) is 5.73 Å². The van der Waals surface area contributed by atoms with Crippen molar-refractivity contribution in [2.45, 2.75) is 39.7 Å². The van der Waals surface area contributed by atoms with Gasteiger partial charge in [-0.15, -0.1) is 11.3 Å². The lowest BCUT2D eigenvalue weighted by Gasteiger charge is -1.98. The van der Waals surface area contributed by atoms with Gasteiger partial charge in [-0.1, -0.05) is 6.92 Å². The number of nitrogens with two attached hydrogens (primary N) is 1. The van der Waals surface area contributed by atoms with Gasteiger partial charge in [0, 0.05) is 17.3 Å². The normalized spacial score (nSPS) is 13.3. The Bertz CT molecular complexity index is 253. The highest BCUT2D eigenvalue weighted by molar-refractivity contribution is 7.11. The Morgan fingerprint density at radius 2 is 2.25 bits per heavy atom. The standard InChI is InChI=1S/C9H16N2S/c1-4-8-7(3)11-9(12-8)5-6(2)10/h6H,4-5,10H2,1-3H3. The highest BCUT2D eigenvalue weighted by atomic mass is 32.1. The van der Waals surface area contributed by atoms with Crippen LogP contribution in [0.2, 0.25) is 0 Å². The van der Waals surface area contributed by atoms with Crippen molar-refractivity contribution >= 4 is 11.3 Å². The molecule has 0 saturated heterocycles. The Hall–Kier alpha value is -0.410. The zero-order valence-electron chi connectivity index (χ0n) is 7.92. The van der Waals surface area contributed by atoms with Gasteiger partial charge in [0.2, 0.25) is 0 Å². The van der Waals surface area contributed by atoms with Gasteiger partial charge in [-0.25, -0.2) is 4.98 Å². The van der Waals surface area contributed by atoms with Crippen LogP contribution in [0.3, 0.4) is 0 Å². The van der Waals surface area contributed by atoms with Crippen LogP contribution in [0.1, 0.15) is 29.4 Å². The monoisotopic (exact) mass is 184 g/mol. The van der Waals surface area contributed by atoms with Crippen LogP contribution in [0.15, 0.2) is 0 Å². The van der Waals surface area contributed by atoms with E-state index in [2.05, 4.69) is 18.8 Å². The molecule has 1 rings (SSSR count). The topological polar surface area (TPSA) is 38.9 Å². The summed E-state index contributed by atoms with van der Waals surface area (Å²) in [5.74, 6) is 0. The molecule has 0 bridgehead atoms. The minimum absolute atomic E-state index is 0.222. The average Bonchev–Trinajstić information content (AvgIpc) is 2.29. The second-order valence-corrected chi connectivity index (χ2v) is 4.32. The van der Waals surface area contributed by atoms with Crippen LogP contribution in [0.4, 0.5) is 0 Å². The third-order valence-corrected chi connectivity index (χ3v) is 3.08. The summed E-state index contributed by atoms with van der Waals surface area (Å²) in [5, 5.41) is 1.18. The molecular weight excluding hydrogens is 168 g/mol. The summed E-state index contributed by atoms with van der Waals surface area (Å²) < 4.78 is 0. The molecule has 1 atom stereocenters. The van der Waals surface area contributed by atoms with E-state index in [1.54, 1.807) is 11.3 Å². The van der Waals surface area contributed by atoms with Crippen molar-refractivity contribution in [3.05, 3.63) is 15.6 Å². The molecule has 1 aromatic rings. The molecule has 0 aliphatic carbocycles. The molecule has 0 aliphatic rings. The molecule has 2 nitrogen and oxygen atoms in total. The first-order valence-corrected chi connectivity index (χ1v) is 5.16. The number of hydrogen-bond acceptors (Lipinski definition) is 3. The van der Waals surface area contributed by atoms with E-state index in [4.69, 9.17) is 5.73 Å². The molecule has 0 aliphatic heterocycles. The maximum absolute atomic E-state index is 5.69. The number of nitrogens with zero attached hydrogens (tertiary/aromatic N) is 1. The third-order valence-electron chi connectivity index (χ3n) is 1.75. The fourth-order valence-electron chi connectivity index (χ4n) is 1.18. The lowest BCUT2D eigenvalue weighted by molar-refractivity contribution is 0.732. The average molecular weight is 184 g/mol. The van der Waals surface area contributed by atoms with Gasteiger partial charge < -0.3 is 5.73 Å². The van der Waals surface area contributed by atoms with E-state index in [-0.39, 0.29) is 6.04 Å². The SMILES string of the molecule is CCc1sc(CC(C)N)nc1C. The molecule has 1 unspecified atom stereocenters. The van der Waals surface area contributed by atoms with E-state index in [1.165, 1.54) is 15.6 Å². The van der Waals surface area contributed by atoms with Gasteiger partial charge >= 0.3 is 0 Å². The van der Waals surface area contributed by atoms with Crippen molar-refractivity contribution in [1.82, 2.24) is 4.98 Å². The highest BCUT2D eigenvalue weighted by Crippen LogP contribution is 2.19. The van der Waals surface area contributed by atoms with Crippen LogP contribution in [-0.4, -0.2) is 11.0 Å². The van der Waals surface area contributed by atoms with Gasteiger partial charge in [0.25, 0.3) is 0 Å². The van der Waals surface area contributed by atoms with Gasteiger partial charge in [-0.05, 0) is 20.3 Å². The summed E-state index contributed by atoms with van der Waals surface area (Å²) in [6.07, 6.45) is 1.99. The lowest BCUT2D eigenvalue weighted by atomic mass is 10.3. The predicted molar refractivity (Wildman–Crippen MR) is 53.6 cm³/mol. The first-order valence-electron chi connectivity index (χ1n) is 4.34. The molecule has 1 heterocycles. The van der Waals surface area contributed by atoms with Crippen LogP contribution in [0, 0.1) is 6.92 Å². The van der Waals surface area contributed by atoms with Crippen LogP contribution in [-0.2, 0) is 12.8 Å². The molecule has 0 amide bonds. The molecule has 0 fully saturated rings. The number of aromatic nitrogens is 1. The fourth-order valence-corrected chi connectivity index (χ4v) is 2.33. The number of aryl methyl sites for hydroxylation is 2. The van der Waals surface area contributed by atoms with Crippen molar-refractivity contribution in [2.75, 3.05) is 0 Å². The highest BCUT2D eigenvalue weighted by Gasteiger charge is 2.06. The van der Waals surface area contributed by atoms with E-state index in [0.717, 1.165) is 12.8 Å². The first-order chi connectivity index (χ1) is 5.63. The summed E-state index contributed by atoms with van der Waals surface area (Å²) in [6, 6.07) is 0.222. The summed E-state index contributed by atoms with van der Waals surface area (Å²) in [7, 11) is 0. The molecule has 0 aromatic carbocycles. The Morgan fingerprint density at radius 1 is 1.58 bits per heavy atom. The minimum atomic E-state index is 0.222. The molecule has 68 valence electrons. The lowest BCUT2D eigenvalue weighted by Crippen LogP contribution is -2.17. The zero-order valence-corrected chi connectivity index (χ0v) is 8.74. The fraction of sp³-hybridized carbons (Fsp3) is 0.667. The largest absolute Gasteiger partial charge is 0.328 e. The minimum Gasteiger partial charge on any atom is -0.328 e. The maximum Gasteiger partial charge on any atom is 0.0946 e. The van der Waals surface area contributed by atoms with E-state index < -0.39 is 0 Å². The Morgan fingerprint density at radius 3 is 2.67 bits per heavy atom. The van der Waals surface area contributed by atoms with Crippen LogP contribution < -0.4 is 5.73 Å². The molecule has 2 N–H and O–H groups in total. The molecule has 1 aromatic heterocycles. The summed E-state index contributed by atoms with van der Waals surface area (Å²) in [4.78, 5) is 5.85. The van der Waals surface area contributed by atoms with Crippen molar-refractivity contribution < 1.29 is 0 Å². The quantitative estimate of drug-likeness (QED) is 0.779. The molecule has 3 heteroatoms. The maximum atomic E-state index is 5.69. The molecule has 0 spiro atoms. The number of thiazole rings is 1. The van der Waals surface area contributed by atoms with E-state index >= 15 is 0 Å². The van der Waals surface area contributed by atoms with E-state index in [1.807, 2.05) is 6.92 Å². The Kier molecular flexibility index (Phi) is 3.23. The van der Waals surface area contributed by atoms with Crippen molar-refractivity contribution in [3.8, 4) is 0 Å².